The van der Waals surface area contributed by atoms with Crippen molar-refractivity contribution in [3.8, 4) is 0 Å². The molecule has 2 aromatic rings. The van der Waals surface area contributed by atoms with Crippen molar-refractivity contribution in [1.82, 2.24) is 0 Å². The van der Waals surface area contributed by atoms with E-state index in [1.807, 2.05) is 30.3 Å². The van der Waals surface area contributed by atoms with E-state index in [4.69, 9.17) is 10.5 Å². The number of amides is 1. The van der Waals surface area contributed by atoms with Crippen LogP contribution >= 0.6 is 0 Å². The van der Waals surface area contributed by atoms with Crippen molar-refractivity contribution in [2.45, 2.75) is 18.9 Å². The Kier molecular flexibility index (Phi) is 3.60. The molecule has 0 spiro atoms. The van der Waals surface area contributed by atoms with Crippen molar-refractivity contribution in [1.29, 1.82) is 0 Å². The van der Waals surface area contributed by atoms with Crippen LogP contribution in [0.4, 0.5) is 9.18 Å². The van der Waals surface area contributed by atoms with Gasteiger partial charge in [0.15, 0.2) is 0 Å². The molecule has 0 fully saturated rings. The molecular formula is C17H16FNO2. The minimum absolute atomic E-state index is 0.0803. The highest BCUT2D eigenvalue weighted by molar-refractivity contribution is 5.65. The van der Waals surface area contributed by atoms with E-state index in [9.17, 15) is 9.18 Å². The van der Waals surface area contributed by atoms with Crippen molar-refractivity contribution in [2.24, 2.45) is 11.7 Å². The second-order valence-corrected chi connectivity index (χ2v) is 5.35. The van der Waals surface area contributed by atoms with Gasteiger partial charge in [-0.3, -0.25) is 0 Å². The van der Waals surface area contributed by atoms with Gasteiger partial charge in [0.1, 0.15) is 11.9 Å². The van der Waals surface area contributed by atoms with Crippen LogP contribution in [0.2, 0.25) is 0 Å². The summed E-state index contributed by atoms with van der Waals surface area (Å²) >= 11 is 0. The van der Waals surface area contributed by atoms with Crippen LogP contribution in [0.3, 0.4) is 0 Å². The summed E-state index contributed by atoms with van der Waals surface area (Å²) in [5.41, 5.74) is 8.21. The average Bonchev–Trinajstić information content (AvgIpc) is 2.88. The highest BCUT2D eigenvalue weighted by Gasteiger charge is 2.32. The van der Waals surface area contributed by atoms with Crippen LogP contribution in [0.25, 0.3) is 0 Å². The van der Waals surface area contributed by atoms with Crippen molar-refractivity contribution in [2.75, 3.05) is 0 Å². The Morgan fingerprint density at radius 3 is 2.57 bits per heavy atom. The lowest BCUT2D eigenvalue weighted by Gasteiger charge is -2.23. The van der Waals surface area contributed by atoms with Gasteiger partial charge in [0.25, 0.3) is 0 Å². The molecule has 3 rings (SSSR count). The summed E-state index contributed by atoms with van der Waals surface area (Å²) in [6.07, 6.45) is 0.243. The first-order valence-electron chi connectivity index (χ1n) is 6.92. The number of hydrogen-bond acceptors (Lipinski definition) is 2. The van der Waals surface area contributed by atoms with Crippen molar-refractivity contribution in [3.63, 3.8) is 0 Å². The second kappa shape index (κ2) is 5.56. The number of hydrogen-bond donors (Lipinski definition) is 1. The summed E-state index contributed by atoms with van der Waals surface area (Å²) in [4.78, 5) is 11.2. The summed E-state index contributed by atoms with van der Waals surface area (Å²) in [6, 6.07) is 14.4. The third-order valence-electron chi connectivity index (χ3n) is 3.93. The quantitative estimate of drug-likeness (QED) is 0.940. The first kappa shape index (κ1) is 13.6. The molecular weight excluding hydrogens is 269 g/mol. The molecule has 2 atom stereocenters. The second-order valence-electron chi connectivity index (χ2n) is 5.35. The predicted molar refractivity (Wildman–Crippen MR) is 77.1 cm³/mol. The van der Waals surface area contributed by atoms with Crippen LogP contribution in [0, 0.1) is 11.7 Å². The Morgan fingerprint density at radius 1 is 1.14 bits per heavy atom. The van der Waals surface area contributed by atoms with E-state index in [1.54, 1.807) is 12.1 Å². The molecule has 2 aromatic carbocycles. The zero-order valence-electron chi connectivity index (χ0n) is 11.5. The highest BCUT2D eigenvalue weighted by atomic mass is 19.1. The molecule has 3 nitrogen and oxygen atoms in total. The maximum Gasteiger partial charge on any atom is 0.405 e. The molecule has 0 saturated carbocycles. The van der Waals surface area contributed by atoms with Gasteiger partial charge in [-0.2, -0.15) is 0 Å². The predicted octanol–water partition coefficient (Wildman–Crippen LogP) is 3.38. The molecule has 108 valence electrons. The molecule has 1 aliphatic rings. The van der Waals surface area contributed by atoms with Gasteiger partial charge in [-0.1, -0.05) is 36.4 Å². The Labute approximate surface area is 122 Å². The average molecular weight is 285 g/mol. The third kappa shape index (κ3) is 2.89. The molecule has 0 radical (unpaired) electrons. The van der Waals surface area contributed by atoms with Crippen molar-refractivity contribution < 1.29 is 13.9 Å². The lowest BCUT2D eigenvalue weighted by Crippen LogP contribution is -2.23. The number of primary amides is 1. The molecule has 4 heteroatoms. The molecule has 1 amide bonds. The van der Waals surface area contributed by atoms with Crippen LogP contribution in [0.1, 0.15) is 22.8 Å². The maximum atomic E-state index is 13.3. The van der Waals surface area contributed by atoms with Gasteiger partial charge in [0.2, 0.25) is 0 Å². The van der Waals surface area contributed by atoms with E-state index in [1.165, 1.54) is 6.07 Å². The fourth-order valence-corrected chi connectivity index (χ4v) is 3.04. The van der Waals surface area contributed by atoms with E-state index < -0.39 is 12.2 Å². The molecule has 21 heavy (non-hydrogen) atoms. The summed E-state index contributed by atoms with van der Waals surface area (Å²) in [5, 5.41) is 0. The van der Waals surface area contributed by atoms with E-state index in [0.717, 1.165) is 23.1 Å². The summed E-state index contributed by atoms with van der Waals surface area (Å²) in [5.74, 6) is -0.154. The number of benzene rings is 2. The van der Waals surface area contributed by atoms with Crippen molar-refractivity contribution >= 4 is 6.09 Å². The van der Waals surface area contributed by atoms with Crippen molar-refractivity contribution in [3.05, 3.63) is 71.0 Å². The number of rotatable bonds is 3. The Morgan fingerprint density at radius 2 is 1.86 bits per heavy atom. The number of fused-ring (bicyclic) bond motifs is 1. The zero-order chi connectivity index (χ0) is 14.8. The first-order chi connectivity index (χ1) is 10.1. The van der Waals surface area contributed by atoms with Gasteiger partial charge in [-0.05, 0) is 41.7 Å². The topological polar surface area (TPSA) is 52.3 Å². The molecule has 0 heterocycles. The van der Waals surface area contributed by atoms with Crippen LogP contribution < -0.4 is 5.73 Å². The molecule has 2 N–H and O–H groups in total. The van der Waals surface area contributed by atoms with Gasteiger partial charge in [-0.25, -0.2) is 9.18 Å². The lowest BCUT2D eigenvalue weighted by atomic mass is 9.93. The number of halogens is 1. The summed E-state index contributed by atoms with van der Waals surface area (Å²) in [6.45, 7) is 0. The van der Waals surface area contributed by atoms with Gasteiger partial charge in [0, 0.05) is 5.92 Å². The Balaban J connectivity index is 1.87. The first-order valence-corrected chi connectivity index (χ1v) is 6.92. The van der Waals surface area contributed by atoms with Crippen LogP contribution in [0.15, 0.2) is 48.5 Å². The fourth-order valence-electron chi connectivity index (χ4n) is 3.04. The zero-order valence-corrected chi connectivity index (χ0v) is 11.5. The number of carbonyl (C=O) groups excluding carboxylic acids is 1. The molecule has 2 unspecified atom stereocenters. The highest BCUT2D eigenvalue weighted by Crippen LogP contribution is 2.37. The Bertz CT molecular complexity index is 657. The smallest absolute Gasteiger partial charge is 0.405 e. The van der Waals surface area contributed by atoms with E-state index in [-0.39, 0.29) is 11.7 Å². The van der Waals surface area contributed by atoms with Gasteiger partial charge < -0.3 is 10.5 Å². The molecule has 1 aliphatic carbocycles. The van der Waals surface area contributed by atoms with Gasteiger partial charge >= 0.3 is 6.09 Å². The van der Waals surface area contributed by atoms with Crippen LogP contribution in [-0.4, -0.2) is 6.09 Å². The normalized spacial score (nSPS) is 18.0. The lowest BCUT2D eigenvalue weighted by molar-refractivity contribution is 0.0705. The molecule has 0 bridgehead atoms. The largest absolute Gasteiger partial charge is 0.441 e. The summed E-state index contributed by atoms with van der Waals surface area (Å²) < 4.78 is 18.6. The van der Waals surface area contributed by atoms with Gasteiger partial charge in [0.05, 0.1) is 0 Å². The minimum atomic E-state index is -0.786. The molecule has 0 aliphatic heterocycles. The SMILES string of the molecule is NC(=O)OC(c1ccccc1)C1Cc2ccc(F)cc2C1. The monoisotopic (exact) mass is 285 g/mol. The Hall–Kier alpha value is -2.36. The standard InChI is InChI=1S/C17H16FNO2/c18-15-7-6-12-8-14(9-13(12)10-15)16(21-17(19)20)11-4-2-1-3-5-11/h1-7,10,14,16H,8-9H2,(H2,19,20). The van der Waals surface area contributed by atoms with Gasteiger partial charge in [-0.15, -0.1) is 0 Å². The molecule has 0 saturated heterocycles. The summed E-state index contributed by atoms with van der Waals surface area (Å²) in [7, 11) is 0. The van der Waals surface area contributed by atoms with E-state index >= 15 is 0 Å². The fraction of sp³-hybridized carbons (Fsp3) is 0.235. The number of nitrogens with two attached hydrogens (primary N) is 1. The van der Waals surface area contributed by atoms with Crippen LogP contribution in [-0.2, 0) is 17.6 Å². The van der Waals surface area contributed by atoms with E-state index in [0.29, 0.717) is 6.42 Å². The van der Waals surface area contributed by atoms with E-state index in [2.05, 4.69) is 0 Å². The maximum absolute atomic E-state index is 13.3. The number of carbonyl (C=O) groups is 1. The van der Waals surface area contributed by atoms with Crippen LogP contribution in [0.5, 0.6) is 0 Å². The number of ether oxygens (including phenoxy) is 1. The minimum Gasteiger partial charge on any atom is -0.441 e. The molecule has 0 aromatic heterocycles. The third-order valence-corrected chi connectivity index (χ3v) is 3.93.